The summed E-state index contributed by atoms with van der Waals surface area (Å²) in [4.78, 5) is 43.8. The van der Waals surface area contributed by atoms with Crippen LogP contribution in [0.3, 0.4) is 0 Å². The molecule has 1 atom stereocenters. The Kier molecular flexibility index (Phi) is 3.92. The third kappa shape index (κ3) is 2.66. The molecule has 30 heavy (non-hydrogen) atoms. The zero-order chi connectivity index (χ0) is 21.0. The molecule has 150 valence electrons. The number of hydrogen-bond acceptors (Lipinski definition) is 5. The number of aromatic amines is 1. The Morgan fingerprint density at radius 1 is 1.13 bits per heavy atom. The molecule has 4 aromatic rings. The summed E-state index contributed by atoms with van der Waals surface area (Å²) in [6.07, 6.45) is -0.184. The summed E-state index contributed by atoms with van der Waals surface area (Å²) >= 11 is 0. The van der Waals surface area contributed by atoms with Crippen molar-refractivity contribution in [1.29, 1.82) is 0 Å². The van der Waals surface area contributed by atoms with E-state index in [9.17, 15) is 18.8 Å². The molecule has 0 spiro atoms. The maximum absolute atomic E-state index is 13.6. The monoisotopic (exact) mass is 406 g/mol. The number of fused-ring (bicyclic) bond motifs is 1. The fourth-order valence-electron chi connectivity index (χ4n) is 3.80. The summed E-state index contributed by atoms with van der Waals surface area (Å²) in [5.41, 5.74) is 1.30. The molecule has 1 aliphatic rings. The number of carbonyl (C=O) groups is 2. The summed E-state index contributed by atoms with van der Waals surface area (Å²) in [5, 5.41) is 2.87. The summed E-state index contributed by atoms with van der Waals surface area (Å²) < 4.78 is 20.3. The summed E-state index contributed by atoms with van der Waals surface area (Å²) in [6, 6.07) is 12.3. The van der Waals surface area contributed by atoms with Crippen LogP contribution in [0.1, 0.15) is 23.6 Å². The molecule has 0 bridgehead atoms. The van der Waals surface area contributed by atoms with Gasteiger partial charge in [-0.3, -0.25) is 19.5 Å². The van der Waals surface area contributed by atoms with Gasteiger partial charge in [-0.05, 0) is 37.3 Å². The predicted molar refractivity (Wildman–Crippen MR) is 105 cm³/mol. The summed E-state index contributed by atoms with van der Waals surface area (Å²) in [7, 11) is 0. The maximum atomic E-state index is 13.6. The van der Waals surface area contributed by atoms with Gasteiger partial charge in [-0.25, -0.2) is 9.29 Å². The Balaban J connectivity index is 1.56. The number of nitrogens with zero attached hydrogens (tertiary/aromatic N) is 3. The molecule has 2 amide bonds. The first-order valence-corrected chi connectivity index (χ1v) is 9.24. The third-order valence-electron chi connectivity index (χ3n) is 5.15. The quantitative estimate of drug-likeness (QED) is 0.527. The second-order valence-electron chi connectivity index (χ2n) is 7.06. The van der Waals surface area contributed by atoms with E-state index in [2.05, 4.69) is 10.1 Å². The number of H-pyrrole nitrogens is 1. The number of nitrogens with one attached hydrogen (secondary N) is 1. The van der Waals surface area contributed by atoms with Gasteiger partial charge in [0.15, 0.2) is 5.58 Å². The van der Waals surface area contributed by atoms with Crippen molar-refractivity contribution in [3.63, 3.8) is 0 Å². The lowest BCUT2D eigenvalue weighted by atomic mass is 9.98. The standard InChI is InChI=1S/C21H15FN4O4/c1-11-18(14-10-17(27)25(19(14)28)13-6-4-5-12(22)9-13)20(29)26(24-11)21-23-15-7-2-3-8-16(15)30-21/h2-9,14,24H,10H2,1H3/t14-/m0/s1. The Labute approximate surface area is 168 Å². The van der Waals surface area contributed by atoms with Crippen LogP contribution in [0.4, 0.5) is 10.1 Å². The van der Waals surface area contributed by atoms with Crippen molar-refractivity contribution in [1.82, 2.24) is 14.8 Å². The van der Waals surface area contributed by atoms with E-state index in [-0.39, 0.29) is 23.7 Å². The Hall–Kier alpha value is -4.01. The Bertz CT molecular complexity index is 1350. The van der Waals surface area contributed by atoms with Gasteiger partial charge in [0.1, 0.15) is 11.3 Å². The minimum atomic E-state index is -0.977. The van der Waals surface area contributed by atoms with Gasteiger partial charge in [-0.15, -0.1) is 0 Å². The minimum Gasteiger partial charge on any atom is -0.422 e. The van der Waals surface area contributed by atoms with E-state index < -0.39 is 29.1 Å². The second-order valence-corrected chi connectivity index (χ2v) is 7.06. The highest BCUT2D eigenvalue weighted by Crippen LogP contribution is 2.33. The van der Waals surface area contributed by atoms with E-state index in [1.807, 2.05) is 0 Å². The topological polar surface area (TPSA) is 101 Å². The van der Waals surface area contributed by atoms with Gasteiger partial charge in [0.25, 0.3) is 5.56 Å². The number of aryl methyl sites for hydroxylation is 1. The van der Waals surface area contributed by atoms with Gasteiger partial charge in [-0.1, -0.05) is 18.2 Å². The normalized spacial score (nSPS) is 16.7. The molecular weight excluding hydrogens is 391 g/mol. The van der Waals surface area contributed by atoms with Crippen LogP contribution in [0, 0.1) is 12.7 Å². The molecule has 2 aromatic heterocycles. The largest absolute Gasteiger partial charge is 0.422 e. The highest BCUT2D eigenvalue weighted by Gasteiger charge is 2.43. The van der Waals surface area contributed by atoms with Crippen molar-refractivity contribution in [3.05, 3.63) is 76.0 Å². The van der Waals surface area contributed by atoms with E-state index >= 15 is 0 Å². The van der Waals surface area contributed by atoms with Crippen molar-refractivity contribution in [2.24, 2.45) is 0 Å². The van der Waals surface area contributed by atoms with Crippen molar-refractivity contribution < 1.29 is 18.4 Å². The van der Waals surface area contributed by atoms with Crippen molar-refractivity contribution in [3.8, 4) is 6.01 Å². The van der Waals surface area contributed by atoms with Gasteiger partial charge in [0.2, 0.25) is 11.8 Å². The summed E-state index contributed by atoms with van der Waals surface area (Å²) in [5.74, 6) is -2.61. The Morgan fingerprint density at radius 2 is 1.93 bits per heavy atom. The van der Waals surface area contributed by atoms with Crippen LogP contribution in [0.5, 0.6) is 0 Å². The van der Waals surface area contributed by atoms with Crippen LogP contribution in [0.15, 0.2) is 57.7 Å². The molecule has 9 heteroatoms. The van der Waals surface area contributed by atoms with E-state index in [1.165, 1.54) is 18.2 Å². The lowest BCUT2D eigenvalue weighted by Gasteiger charge is -2.14. The zero-order valence-corrected chi connectivity index (χ0v) is 15.8. The lowest BCUT2D eigenvalue weighted by molar-refractivity contribution is -0.121. The average molecular weight is 406 g/mol. The Morgan fingerprint density at radius 3 is 2.70 bits per heavy atom. The van der Waals surface area contributed by atoms with Gasteiger partial charge < -0.3 is 4.42 Å². The van der Waals surface area contributed by atoms with Gasteiger partial charge >= 0.3 is 6.01 Å². The zero-order valence-electron chi connectivity index (χ0n) is 15.8. The number of imide groups is 1. The number of carbonyl (C=O) groups excluding carboxylic acids is 2. The molecule has 1 N–H and O–H groups in total. The van der Waals surface area contributed by atoms with E-state index in [1.54, 1.807) is 31.2 Å². The minimum absolute atomic E-state index is 0.0364. The van der Waals surface area contributed by atoms with Gasteiger partial charge in [0.05, 0.1) is 17.2 Å². The van der Waals surface area contributed by atoms with Crippen LogP contribution < -0.4 is 10.5 Å². The smallest absolute Gasteiger partial charge is 0.325 e. The third-order valence-corrected chi connectivity index (χ3v) is 5.15. The fourth-order valence-corrected chi connectivity index (χ4v) is 3.80. The number of benzene rings is 2. The SMILES string of the molecule is Cc1[nH]n(-c2nc3ccccc3o2)c(=O)c1[C@@H]1CC(=O)N(c2cccc(F)c2)C1=O. The molecule has 3 heterocycles. The van der Waals surface area contributed by atoms with Crippen LogP contribution in [-0.2, 0) is 9.59 Å². The molecule has 0 aliphatic carbocycles. The predicted octanol–water partition coefficient (Wildman–Crippen LogP) is 2.80. The molecular formula is C21H15FN4O4. The van der Waals surface area contributed by atoms with E-state index in [4.69, 9.17) is 4.42 Å². The second kappa shape index (κ2) is 6.51. The summed E-state index contributed by atoms with van der Waals surface area (Å²) in [6.45, 7) is 1.64. The first kappa shape index (κ1) is 18.0. The molecule has 1 aliphatic heterocycles. The lowest BCUT2D eigenvalue weighted by Crippen LogP contribution is -2.31. The van der Waals surface area contributed by atoms with Crippen LogP contribution in [0.2, 0.25) is 0 Å². The number of para-hydroxylation sites is 2. The number of hydrogen-bond donors (Lipinski definition) is 1. The van der Waals surface area contributed by atoms with Crippen molar-refractivity contribution in [2.75, 3.05) is 4.90 Å². The highest BCUT2D eigenvalue weighted by atomic mass is 19.1. The number of halogens is 1. The maximum Gasteiger partial charge on any atom is 0.325 e. The first-order chi connectivity index (χ1) is 14.4. The average Bonchev–Trinajstić information content (AvgIpc) is 3.35. The molecule has 2 aromatic carbocycles. The van der Waals surface area contributed by atoms with E-state index in [0.717, 1.165) is 15.6 Å². The molecule has 1 saturated heterocycles. The number of amides is 2. The van der Waals surface area contributed by atoms with Crippen molar-refractivity contribution >= 4 is 28.6 Å². The van der Waals surface area contributed by atoms with Crippen LogP contribution in [-0.4, -0.2) is 26.6 Å². The van der Waals surface area contributed by atoms with Crippen molar-refractivity contribution in [2.45, 2.75) is 19.3 Å². The number of oxazole rings is 1. The first-order valence-electron chi connectivity index (χ1n) is 9.24. The molecule has 1 fully saturated rings. The van der Waals surface area contributed by atoms with Crippen LogP contribution in [0.25, 0.3) is 17.1 Å². The van der Waals surface area contributed by atoms with E-state index in [0.29, 0.717) is 16.8 Å². The number of rotatable bonds is 3. The van der Waals surface area contributed by atoms with Gasteiger partial charge in [0, 0.05) is 12.1 Å². The number of aromatic nitrogens is 3. The molecule has 0 radical (unpaired) electrons. The van der Waals surface area contributed by atoms with Crippen LogP contribution >= 0.6 is 0 Å². The number of anilines is 1. The molecule has 0 unspecified atom stereocenters. The van der Waals surface area contributed by atoms with Gasteiger partial charge in [-0.2, -0.15) is 9.67 Å². The highest BCUT2D eigenvalue weighted by molar-refractivity contribution is 6.22. The molecule has 8 nitrogen and oxygen atoms in total. The fraction of sp³-hybridized carbons (Fsp3) is 0.143. The molecule has 5 rings (SSSR count). The molecule has 0 saturated carbocycles.